The van der Waals surface area contributed by atoms with E-state index in [4.69, 9.17) is 11.6 Å². The van der Waals surface area contributed by atoms with Gasteiger partial charge in [0.25, 0.3) is 0 Å². The van der Waals surface area contributed by atoms with E-state index in [1.54, 1.807) is 18.3 Å². The van der Waals surface area contributed by atoms with E-state index in [0.29, 0.717) is 27.7 Å². The van der Waals surface area contributed by atoms with Crippen molar-refractivity contribution < 1.29 is 0 Å². The number of rotatable bonds is 3. The maximum absolute atomic E-state index is 10.1. The summed E-state index contributed by atoms with van der Waals surface area (Å²) in [6.45, 7) is 3.83. The molecule has 30 heavy (non-hydrogen) atoms. The lowest BCUT2D eigenvalue weighted by Gasteiger charge is -2.28. The molecule has 0 fully saturated rings. The number of nitriles is 2. The molecule has 6 heteroatoms. The van der Waals surface area contributed by atoms with E-state index in [9.17, 15) is 10.5 Å². The SMILES string of the molecule is CCC#Cc1cc(C2C(C#N)=C(C)NC(c3ccc(Cl)nc3)=C2C#N)ccc1NC. The Bertz CT molecular complexity index is 1180. The van der Waals surface area contributed by atoms with Gasteiger partial charge in [-0.2, -0.15) is 10.5 Å². The Morgan fingerprint density at radius 3 is 2.53 bits per heavy atom. The fourth-order valence-corrected chi connectivity index (χ4v) is 3.54. The highest BCUT2D eigenvalue weighted by Gasteiger charge is 2.31. The molecule has 0 saturated heterocycles. The fraction of sp³-hybridized carbons (Fsp3) is 0.208. The molecule has 1 aromatic heterocycles. The molecule has 148 valence electrons. The molecule has 0 aliphatic carbocycles. The number of nitrogens with zero attached hydrogens (tertiary/aromatic N) is 3. The van der Waals surface area contributed by atoms with E-state index in [0.717, 1.165) is 28.8 Å². The van der Waals surface area contributed by atoms with Crippen LogP contribution in [0.4, 0.5) is 5.69 Å². The van der Waals surface area contributed by atoms with E-state index in [-0.39, 0.29) is 0 Å². The molecule has 0 radical (unpaired) electrons. The molecule has 1 unspecified atom stereocenters. The zero-order chi connectivity index (χ0) is 21.7. The molecule has 0 amide bonds. The van der Waals surface area contributed by atoms with Gasteiger partial charge in [0, 0.05) is 42.2 Å². The van der Waals surface area contributed by atoms with E-state index in [1.807, 2.05) is 39.1 Å². The molecule has 0 spiro atoms. The molecular formula is C24H20ClN5. The highest BCUT2D eigenvalue weighted by atomic mass is 35.5. The van der Waals surface area contributed by atoms with Crippen LogP contribution in [-0.4, -0.2) is 12.0 Å². The van der Waals surface area contributed by atoms with Gasteiger partial charge >= 0.3 is 0 Å². The topological polar surface area (TPSA) is 84.5 Å². The first kappa shape index (κ1) is 21.0. The largest absolute Gasteiger partial charge is 0.387 e. The molecule has 0 bridgehead atoms. The summed E-state index contributed by atoms with van der Waals surface area (Å²) in [6, 6.07) is 13.9. The molecule has 5 nitrogen and oxygen atoms in total. The van der Waals surface area contributed by atoms with Crippen LogP contribution < -0.4 is 10.6 Å². The predicted molar refractivity (Wildman–Crippen MR) is 119 cm³/mol. The van der Waals surface area contributed by atoms with Crippen molar-refractivity contribution in [1.82, 2.24) is 10.3 Å². The molecule has 2 heterocycles. The Morgan fingerprint density at radius 2 is 1.93 bits per heavy atom. The second kappa shape index (κ2) is 9.19. The zero-order valence-electron chi connectivity index (χ0n) is 17.0. The Labute approximate surface area is 181 Å². The summed E-state index contributed by atoms with van der Waals surface area (Å²) in [5, 5.41) is 26.6. The number of allylic oxidation sites excluding steroid dienone is 3. The molecule has 3 rings (SSSR count). The van der Waals surface area contributed by atoms with Crippen LogP contribution in [0.2, 0.25) is 5.15 Å². The first-order valence-corrected chi connectivity index (χ1v) is 9.86. The lowest BCUT2D eigenvalue weighted by molar-refractivity contribution is 0.877. The van der Waals surface area contributed by atoms with Crippen molar-refractivity contribution in [2.45, 2.75) is 26.2 Å². The van der Waals surface area contributed by atoms with Crippen molar-refractivity contribution in [2.75, 3.05) is 12.4 Å². The van der Waals surface area contributed by atoms with Gasteiger partial charge in [-0.1, -0.05) is 36.4 Å². The molecule has 1 aliphatic heterocycles. The van der Waals surface area contributed by atoms with Crippen LogP contribution in [0, 0.1) is 34.5 Å². The summed E-state index contributed by atoms with van der Waals surface area (Å²) >= 11 is 5.92. The number of benzene rings is 1. The van der Waals surface area contributed by atoms with Crippen LogP contribution in [0.15, 0.2) is 53.4 Å². The van der Waals surface area contributed by atoms with Crippen molar-refractivity contribution in [3.63, 3.8) is 0 Å². The van der Waals surface area contributed by atoms with Crippen LogP contribution in [0.1, 0.15) is 42.9 Å². The van der Waals surface area contributed by atoms with Crippen LogP contribution in [-0.2, 0) is 0 Å². The van der Waals surface area contributed by atoms with Gasteiger partial charge in [0.1, 0.15) is 5.15 Å². The van der Waals surface area contributed by atoms with E-state index in [2.05, 4.69) is 39.6 Å². The number of hydrogen-bond acceptors (Lipinski definition) is 5. The molecule has 2 aromatic rings. The van der Waals surface area contributed by atoms with Crippen molar-refractivity contribution in [2.24, 2.45) is 0 Å². The van der Waals surface area contributed by atoms with Gasteiger partial charge in [0.05, 0.1) is 34.9 Å². The Balaban J connectivity index is 2.23. The minimum absolute atomic E-state index is 0.372. The minimum Gasteiger partial charge on any atom is -0.387 e. The fourth-order valence-electron chi connectivity index (χ4n) is 3.43. The summed E-state index contributed by atoms with van der Waals surface area (Å²) in [6.07, 6.45) is 2.35. The summed E-state index contributed by atoms with van der Waals surface area (Å²) < 4.78 is 0. The maximum atomic E-state index is 10.1. The molecule has 2 N–H and O–H groups in total. The maximum Gasteiger partial charge on any atom is 0.129 e. The number of dihydropyridines is 1. The lowest BCUT2D eigenvalue weighted by atomic mass is 9.80. The van der Waals surface area contributed by atoms with Gasteiger partial charge in [0.15, 0.2) is 0 Å². The Morgan fingerprint density at radius 1 is 1.17 bits per heavy atom. The lowest BCUT2D eigenvalue weighted by Crippen LogP contribution is -2.24. The number of nitrogens with one attached hydrogen (secondary N) is 2. The van der Waals surface area contributed by atoms with Crippen LogP contribution in [0.5, 0.6) is 0 Å². The van der Waals surface area contributed by atoms with Crippen molar-refractivity contribution in [3.05, 3.63) is 75.2 Å². The van der Waals surface area contributed by atoms with Gasteiger partial charge in [-0.25, -0.2) is 4.98 Å². The number of halogens is 1. The molecule has 1 atom stereocenters. The molecular weight excluding hydrogens is 394 g/mol. The number of aromatic nitrogens is 1. The average Bonchev–Trinajstić information content (AvgIpc) is 2.77. The standard InChI is InChI=1S/C24H20ClN5/c1-4-5-6-16-11-17(7-9-21(16)28-3)23-19(12-26)15(2)30-24(20(23)13-27)18-8-10-22(25)29-14-18/h7-11,14,23,28,30H,4H2,1-3H3. The quantitative estimate of drug-likeness (QED) is 0.548. The van der Waals surface area contributed by atoms with E-state index >= 15 is 0 Å². The third-order valence-electron chi connectivity index (χ3n) is 4.87. The van der Waals surface area contributed by atoms with Crippen LogP contribution in [0.25, 0.3) is 5.70 Å². The third-order valence-corrected chi connectivity index (χ3v) is 5.09. The summed E-state index contributed by atoms with van der Waals surface area (Å²) in [5.74, 6) is 5.76. The minimum atomic E-state index is -0.500. The van der Waals surface area contributed by atoms with Crippen molar-refractivity contribution in [3.8, 4) is 24.0 Å². The zero-order valence-corrected chi connectivity index (χ0v) is 17.7. The monoisotopic (exact) mass is 413 g/mol. The second-order valence-electron chi connectivity index (χ2n) is 6.69. The average molecular weight is 414 g/mol. The predicted octanol–water partition coefficient (Wildman–Crippen LogP) is 4.96. The highest BCUT2D eigenvalue weighted by molar-refractivity contribution is 6.29. The first-order chi connectivity index (χ1) is 14.5. The van der Waals surface area contributed by atoms with E-state index < -0.39 is 5.92 Å². The van der Waals surface area contributed by atoms with Crippen molar-refractivity contribution in [1.29, 1.82) is 10.5 Å². The summed E-state index contributed by atoms with van der Waals surface area (Å²) in [7, 11) is 1.84. The molecule has 1 aliphatic rings. The summed E-state index contributed by atoms with van der Waals surface area (Å²) in [5.41, 5.74) is 5.58. The summed E-state index contributed by atoms with van der Waals surface area (Å²) in [4.78, 5) is 4.13. The van der Waals surface area contributed by atoms with Crippen LogP contribution in [0.3, 0.4) is 0 Å². The Kier molecular flexibility index (Phi) is 6.43. The molecule has 0 saturated carbocycles. The number of anilines is 1. The second-order valence-corrected chi connectivity index (χ2v) is 7.08. The number of pyridine rings is 1. The van der Waals surface area contributed by atoms with Gasteiger partial charge in [-0.15, -0.1) is 0 Å². The smallest absolute Gasteiger partial charge is 0.129 e. The highest BCUT2D eigenvalue weighted by Crippen LogP contribution is 2.40. The molecule has 1 aromatic carbocycles. The Hall–Kier alpha value is -3.72. The number of hydrogen-bond donors (Lipinski definition) is 2. The van der Waals surface area contributed by atoms with Gasteiger partial charge in [0.2, 0.25) is 0 Å². The normalized spacial score (nSPS) is 15.5. The van der Waals surface area contributed by atoms with Crippen LogP contribution >= 0.6 is 11.6 Å². The van der Waals surface area contributed by atoms with Gasteiger partial charge < -0.3 is 10.6 Å². The van der Waals surface area contributed by atoms with E-state index in [1.165, 1.54) is 0 Å². The van der Waals surface area contributed by atoms with Crippen molar-refractivity contribution >= 4 is 23.0 Å². The van der Waals surface area contributed by atoms with Gasteiger partial charge in [-0.05, 0) is 36.8 Å². The third kappa shape index (κ3) is 4.01. The van der Waals surface area contributed by atoms with Gasteiger partial charge in [-0.3, -0.25) is 0 Å². The first-order valence-electron chi connectivity index (χ1n) is 9.48.